The second-order valence-corrected chi connectivity index (χ2v) is 18.2. The van der Waals surface area contributed by atoms with Crippen LogP contribution in [0.3, 0.4) is 0 Å². The molecular weight excluding hydrogens is 729 g/mol. The predicted octanol–water partition coefficient (Wildman–Crippen LogP) is 15.9. The molecule has 0 saturated heterocycles. The molecule has 0 saturated carbocycles. The van der Waals surface area contributed by atoms with Crippen LogP contribution in [0.5, 0.6) is 0 Å². The molecular formula is C48H63BrNNi. The van der Waals surface area contributed by atoms with E-state index in [4.69, 9.17) is 4.99 Å². The van der Waals surface area contributed by atoms with Crippen molar-refractivity contribution in [3.05, 3.63) is 119 Å². The molecule has 4 aromatic rings. The first-order valence-corrected chi connectivity index (χ1v) is 23.5. The molecule has 1 nitrogen and oxygen atoms in total. The summed E-state index contributed by atoms with van der Waals surface area (Å²) in [5.74, 6) is 0. The number of halogens is 1. The van der Waals surface area contributed by atoms with Crippen molar-refractivity contribution in [2.24, 2.45) is 4.99 Å². The van der Waals surface area contributed by atoms with E-state index in [0.717, 1.165) is 42.5 Å². The van der Waals surface area contributed by atoms with Crippen molar-refractivity contribution in [3.63, 3.8) is 0 Å². The van der Waals surface area contributed by atoms with E-state index in [1.165, 1.54) is 119 Å². The molecule has 0 amide bonds. The van der Waals surface area contributed by atoms with Gasteiger partial charge in [-0.05, 0) is 0 Å². The van der Waals surface area contributed by atoms with Gasteiger partial charge in [0.2, 0.25) is 0 Å². The Morgan fingerprint density at radius 3 is 1.78 bits per heavy atom. The van der Waals surface area contributed by atoms with Crippen LogP contribution in [-0.2, 0) is 30.9 Å². The van der Waals surface area contributed by atoms with Crippen LogP contribution >= 0.6 is 14.2 Å². The molecule has 4 rings (SSSR count). The number of allylic oxidation sites excluding steroid dienone is 1. The second kappa shape index (κ2) is 22.4. The van der Waals surface area contributed by atoms with Crippen molar-refractivity contribution >= 4 is 30.2 Å². The van der Waals surface area contributed by atoms with Crippen LogP contribution < -0.4 is 0 Å². The maximum absolute atomic E-state index is 5.55. The second-order valence-electron chi connectivity index (χ2n) is 13.9. The van der Waals surface area contributed by atoms with Crippen molar-refractivity contribution in [1.29, 1.82) is 0 Å². The summed E-state index contributed by atoms with van der Waals surface area (Å²) in [7, 11) is 0. The minimum atomic E-state index is -0.255. The molecule has 0 N–H and O–H groups in total. The van der Waals surface area contributed by atoms with Gasteiger partial charge >= 0.3 is 318 Å². The number of aliphatic imine (C=N–C) groups is 1. The zero-order chi connectivity index (χ0) is 36.4. The molecule has 0 heterocycles. The molecule has 0 aliphatic rings. The number of aryl methyl sites for hydroxylation is 3. The van der Waals surface area contributed by atoms with Gasteiger partial charge in [0.25, 0.3) is 0 Å². The Morgan fingerprint density at radius 2 is 1.18 bits per heavy atom. The summed E-state index contributed by atoms with van der Waals surface area (Å²) in [5.41, 5.74) is 14.7. The SMILES string of the molecule is CCCCCCc1cc(N=C(C)C(CC)=[C](c2cc(CCCC)cc(-c3ccccc3)c2)[Ni]([Br])[CH2]CCC)cc(CCCC)c1-c1ccccc1. The minimum absolute atomic E-state index is 0.255. The van der Waals surface area contributed by atoms with E-state index in [9.17, 15) is 0 Å². The molecule has 0 fully saturated rings. The third kappa shape index (κ3) is 12.2. The van der Waals surface area contributed by atoms with Crippen LogP contribution in [-0.4, -0.2) is 5.71 Å². The summed E-state index contributed by atoms with van der Waals surface area (Å²) in [4.78, 5) is 5.55. The van der Waals surface area contributed by atoms with Gasteiger partial charge in [0.1, 0.15) is 0 Å². The topological polar surface area (TPSA) is 12.4 Å². The Balaban J connectivity index is 1.92. The van der Waals surface area contributed by atoms with E-state index in [0.29, 0.717) is 0 Å². The fraction of sp³-hybridized carbons (Fsp3) is 0.438. The summed E-state index contributed by atoms with van der Waals surface area (Å²) >= 11 is 4.04. The summed E-state index contributed by atoms with van der Waals surface area (Å²) in [5, 5.41) is 1.15. The Hall–Kier alpha value is -2.74. The van der Waals surface area contributed by atoms with Gasteiger partial charge in [0.05, 0.1) is 0 Å². The van der Waals surface area contributed by atoms with Gasteiger partial charge in [-0.25, -0.2) is 0 Å². The van der Waals surface area contributed by atoms with Gasteiger partial charge in [0.15, 0.2) is 0 Å². The molecule has 4 aromatic carbocycles. The molecule has 0 aliphatic heterocycles. The number of nitrogens with zero attached hydrogens (tertiary/aromatic N) is 1. The number of hydrogen-bond donors (Lipinski definition) is 0. The summed E-state index contributed by atoms with van der Waals surface area (Å²) < 4.78 is 1.45. The van der Waals surface area contributed by atoms with E-state index in [-0.39, 0.29) is 11.6 Å². The summed E-state index contributed by atoms with van der Waals surface area (Å²) in [6.45, 7) is 13.8. The van der Waals surface area contributed by atoms with Gasteiger partial charge in [-0.1, -0.05) is 6.92 Å². The van der Waals surface area contributed by atoms with Gasteiger partial charge in [0, 0.05) is 0 Å². The first-order chi connectivity index (χ1) is 24.9. The molecule has 0 aliphatic carbocycles. The molecule has 3 heteroatoms. The van der Waals surface area contributed by atoms with Crippen LogP contribution in [0.2, 0.25) is 5.39 Å². The zero-order valence-corrected chi connectivity index (χ0v) is 35.0. The van der Waals surface area contributed by atoms with E-state index in [1.54, 1.807) is 0 Å². The van der Waals surface area contributed by atoms with Crippen molar-refractivity contribution in [2.45, 2.75) is 137 Å². The van der Waals surface area contributed by atoms with Crippen LogP contribution in [0.1, 0.15) is 134 Å². The van der Waals surface area contributed by atoms with Crippen LogP contribution in [0.25, 0.3) is 26.8 Å². The van der Waals surface area contributed by atoms with Crippen LogP contribution in [0, 0.1) is 0 Å². The van der Waals surface area contributed by atoms with E-state index >= 15 is 0 Å². The van der Waals surface area contributed by atoms with E-state index in [2.05, 4.69) is 147 Å². The quantitative estimate of drug-likeness (QED) is 0.0453. The fourth-order valence-corrected chi connectivity index (χ4v) is 10.9. The predicted molar refractivity (Wildman–Crippen MR) is 227 cm³/mol. The van der Waals surface area contributed by atoms with E-state index < -0.39 is 0 Å². The molecule has 277 valence electrons. The zero-order valence-electron chi connectivity index (χ0n) is 32.4. The first-order valence-electron chi connectivity index (χ1n) is 19.9. The van der Waals surface area contributed by atoms with Crippen LogP contribution in [0.15, 0.2) is 102 Å². The van der Waals surface area contributed by atoms with E-state index in [1.807, 2.05) is 0 Å². The Bertz CT molecular complexity index is 1690. The molecule has 0 atom stereocenters. The number of unbranched alkanes of at least 4 members (excludes halogenated alkanes) is 6. The van der Waals surface area contributed by atoms with Crippen LogP contribution in [0.4, 0.5) is 5.69 Å². The molecule has 0 bridgehead atoms. The third-order valence-electron chi connectivity index (χ3n) is 9.71. The fourth-order valence-electron chi connectivity index (χ4n) is 6.90. The number of benzene rings is 4. The molecule has 0 aromatic heterocycles. The Labute approximate surface area is 322 Å². The van der Waals surface area contributed by atoms with Gasteiger partial charge in [-0.3, -0.25) is 0 Å². The summed E-state index contributed by atoms with van der Waals surface area (Å²) in [6.07, 6.45) is 16.5. The van der Waals surface area contributed by atoms with Gasteiger partial charge in [-0.15, -0.1) is 0 Å². The van der Waals surface area contributed by atoms with Crippen molar-refractivity contribution in [1.82, 2.24) is 0 Å². The first kappa shape index (κ1) is 41.0. The summed E-state index contributed by atoms with van der Waals surface area (Å²) in [6, 6.07) is 34.2. The monoisotopic (exact) mass is 790 g/mol. The maximum atomic E-state index is 5.55. The standard InChI is InChI=1S/C44H54N.C4H9.BrH.Ni/c1-6-10-13-16-27-41-33-43(32-40(22-12-8-3)44(41)39-25-19-15-20-26-39)45-34(5)37(9-4)30-36-28-35(21-11-7-2)29-42(31-36)38-23-17-14-18-24-38;1-3-4-2;;/h14-15,17-20,23-26,28-29,31-33H,6-13,16,21-22,27H2,1-5H3;1,3-4H2,2H3;1H;/q;;;+1/p-1. The molecule has 0 unspecified atom stereocenters. The number of hydrogen-bond acceptors (Lipinski definition) is 1. The number of rotatable bonds is 21. The van der Waals surface area contributed by atoms with Gasteiger partial charge in [-0.2, -0.15) is 0 Å². The van der Waals surface area contributed by atoms with Crippen molar-refractivity contribution in [3.8, 4) is 22.3 Å². The van der Waals surface area contributed by atoms with Crippen molar-refractivity contribution in [2.75, 3.05) is 0 Å². The Kier molecular flexibility index (Phi) is 18.0. The molecule has 0 radical (unpaired) electrons. The average Bonchev–Trinajstić information content (AvgIpc) is 3.16. The molecule has 51 heavy (non-hydrogen) atoms. The molecule has 0 spiro atoms. The normalized spacial score (nSPS) is 12.6. The van der Waals surface area contributed by atoms with Gasteiger partial charge < -0.3 is 0 Å². The average molecular weight is 793 g/mol. The third-order valence-corrected chi connectivity index (χ3v) is 13.7. The van der Waals surface area contributed by atoms with Crippen molar-refractivity contribution < 1.29 is 11.6 Å². The Morgan fingerprint density at radius 1 is 0.588 bits per heavy atom.